The highest BCUT2D eigenvalue weighted by atomic mass is 15.1. The fourth-order valence-electron chi connectivity index (χ4n) is 4.39. The average molecular weight is 222 g/mol. The lowest BCUT2D eigenvalue weighted by Gasteiger charge is -2.52. The number of likely N-dealkylation sites (tertiary alicyclic amines) is 1. The molecule has 92 valence electrons. The summed E-state index contributed by atoms with van der Waals surface area (Å²) in [5, 5.41) is 3.50. The molecule has 2 heterocycles. The van der Waals surface area contributed by atoms with Crippen LogP contribution < -0.4 is 5.32 Å². The van der Waals surface area contributed by atoms with Gasteiger partial charge in [0.15, 0.2) is 0 Å². The fourth-order valence-corrected chi connectivity index (χ4v) is 4.39. The van der Waals surface area contributed by atoms with Crippen LogP contribution in [-0.2, 0) is 0 Å². The molecule has 1 aliphatic carbocycles. The van der Waals surface area contributed by atoms with Crippen molar-refractivity contribution in [3.63, 3.8) is 0 Å². The van der Waals surface area contributed by atoms with Gasteiger partial charge in [0, 0.05) is 13.1 Å². The normalized spacial score (nSPS) is 36.2. The Morgan fingerprint density at radius 3 is 2.50 bits per heavy atom. The van der Waals surface area contributed by atoms with Crippen molar-refractivity contribution in [1.29, 1.82) is 0 Å². The van der Waals surface area contributed by atoms with Crippen LogP contribution in [0, 0.1) is 17.3 Å². The van der Waals surface area contributed by atoms with Gasteiger partial charge in [-0.3, -0.25) is 0 Å². The molecule has 2 nitrogen and oxygen atoms in total. The first-order valence-corrected chi connectivity index (χ1v) is 7.17. The third-order valence-corrected chi connectivity index (χ3v) is 5.31. The van der Waals surface area contributed by atoms with Gasteiger partial charge in [0.25, 0.3) is 0 Å². The van der Waals surface area contributed by atoms with Crippen LogP contribution in [0.15, 0.2) is 0 Å². The summed E-state index contributed by atoms with van der Waals surface area (Å²) in [6.45, 7) is 5.27. The molecule has 16 heavy (non-hydrogen) atoms. The number of hydrogen-bond donors (Lipinski definition) is 1. The Balaban J connectivity index is 1.65. The molecule has 0 aromatic heterocycles. The molecule has 2 aliphatic heterocycles. The lowest BCUT2D eigenvalue weighted by molar-refractivity contribution is -0.0200. The van der Waals surface area contributed by atoms with Gasteiger partial charge in [-0.05, 0) is 69.5 Å². The lowest BCUT2D eigenvalue weighted by atomic mass is 9.60. The van der Waals surface area contributed by atoms with Crippen molar-refractivity contribution in [2.75, 3.05) is 33.2 Å². The lowest BCUT2D eigenvalue weighted by Crippen LogP contribution is -2.51. The summed E-state index contributed by atoms with van der Waals surface area (Å²) >= 11 is 0. The molecule has 1 spiro atoms. The van der Waals surface area contributed by atoms with Crippen molar-refractivity contribution in [1.82, 2.24) is 10.2 Å². The second kappa shape index (κ2) is 4.30. The van der Waals surface area contributed by atoms with Crippen molar-refractivity contribution in [2.45, 2.75) is 38.5 Å². The molecule has 0 aromatic rings. The van der Waals surface area contributed by atoms with E-state index >= 15 is 0 Å². The van der Waals surface area contributed by atoms with Crippen molar-refractivity contribution >= 4 is 0 Å². The Morgan fingerprint density at radius 1 is 1.12 bits per heavy atom. The van der Waals surface area contributed by atoms with Crippen LogP contribution in [0.2, 0.25) is 0 Å². The van der Waals surface area contributed by atoms with Crippen molar-refractivity contribution in [2.24, 2.45) is 17.3 Å². The maximum atomic E-state index is 3.50. The monoisotopic (exact) mass is 222 g/mol. The van der Waals surface area contributed by atoms with Gasteiger partial charge in [0.1, 0.15) is 0 Å². The van der Waals surface area contributed by atoms with E-state index in [2.05, 4.69) is 17.3 Å². The van der Waals surface area contributed by atoms with E-state index in [-0.39, 0.29) is 0 Å². The Morgan fingerprint density at radius 2 is 1.88 bits per heavy atom. The highest BCUT2D eigenvalue weighted by Gasteiger charge is 2.44. The first-order chi connectivity index (χ1) is 7.77. The van der Waals surface area contributed by atoms with Crippen molar-refractivity contribution < 1.29 is 0 Å². The minimum atomic E-state index is 0.753. The van der Waals surface area contributed by atoms with Crippen LogP contribution >= 0.6 is 0 Å². The van der Waals surface area contributed by atoms with E-state index in [1.807, 2.05) is 0 Å². The van der Waals surface area contributed by atoms with Gasteiger partial charge < -0.3 is 10.2 Å². The minimum Gasteiger partial charge on any atom is -0.317 e. The number of hydrogen-bond acceptors (Lipinski definition) is 2. The zero-order chi connectivity index (χ0) is 11.0. The minimum absolute atomic E-state index is 0.753. The average Bonchev–Trinajstić information content (AvgIpc) is 2.27. The predicted octanol–water partition coefficient (Wildman–Crippen LogP) is 2.11. The van der Waals surface area contributed by atoms with Crippen LogP contribution in [-0.4, -0.2) is 38.1 Å². The second-order valence-electron chi connectivity index (χ2n) is 6.60. The highest BCUT2D eigenvalue weighted by molar-refractivity contribution is 4.97. The van der Waals surface area contributed by atoms with Crippen molar-refractivity contribution in [3.8, 4) is 0 Å². The van der Waals surface area contributed by atoms with Crippen LogP contribution in [0.3, 0.4) is 0 Å². The maximum Gasteiger partial charge on any atom is 0.00351 e. The smallest absolute Gasteiger partial charge is 0.00351 e. The molecular formula is C14H26N2. The Kier molecular flexibility index (Phi) is 2.97. The highest BCUT2D eigenvalue weighted by Crippen LogP contribution is 2.50. The Hall–Kier alpha value is -0.0800. The number of nitrogens with zero attached hydrogens (tertiary/aromatic N) is 1. The molecule has 1 atom stereocenters. The molecule has 1 unspecified atom stereocenters. The number of piperidine rings is 2. The van der Waals surface area contributed by atoms with E-state index in [0.29, 0.717) is 0 Å². The van der Waals surface area contributed by atoms with Crippen molar-refractivity contribution in [3.05, 3.63) is 0 Å². The third-order valence-electron chi connectivity index (χ3n) is 5.31. The zero-order valence-electron chi connectivity index (χ0n) is 10.7. The summed E-state index contributed by atoms with van der Waals surface area (Å²) in [6, 6.07) is 0. The van der Waals surface area contributed by atoms with Crippen LogP contribution in [0.5, 0.6) is 0 Å². The van der Waals surface area contributed by atoms with Gasteiger partial charge in [0.2, 0.25) is 0 Å². The molecule has 3 aliphatic rings. The molecule has 3 rings (SSSR count). The summed E-state index contributed by atoms with van der Waals surface area (Å²) in [4.78, 5) is 2.62. The van der Waals surface area contributed by atoms with Gasteiger partial charge in [-0.1, -0.05) is 6.42 Å². The molecule has 2 saturated heterocycles. The van der Waals surface area contributed by atoms with Gasteiger partial charge in [-0.25, -0.2) is 0 Å². The van der Waals surface area contributed by atoms with Gasteiger partial charge in [0.05, 0.1) is 0 Å². The van der Waals surface area contributed by atoms with E-state index in [1.165, 1.54) is 58.3 Å². The topological polar surface area (TPSA) is 15.3 Å². The van der Waals surface area contributed by atoms with Gasteiger partial charge in [-0.2, -0.15) is 0 Å². The van der Waals surface area contributed by atoms with Gasteiger partial charge >= 0.3 is 0 Å². The van der Waals surface area contributed by atoms with E-state index in [1.54, 1.807) is 6.42 Å². The fraction of sp³-hybridized carbons (Fsp3) is 1.00. The molecule has 3 fully saturated rings. The second-order valence-corrected chi connectivity index (χ2v) is 6.60. The van der Waals surface area contributed by atoms with Gasteiger partial charge in [-0.15, -0.1) is 0 Å². The first-order valence-electron chi connectivity index (χ1n) is 7.17. The number of nitrogens with one attached hydrogen (secondary N) is 1. The van der Waals surface area contributed by atoms with Crippen LogP contribution in [0.1, 0.15) is 38.5 Å². The summed E-state index contributed by atoms with van der Waals surface area (Å²) in [7, 11) is 2.34. The van der Waals surface area contributed by atoms with Crippen LogP contribution in [0.25, 0.3) is 0 Å². The summed E-state index contributed by atoms with van der Waals surface area (Å²) in [5.74, 6) is 2.02. The van der Waals surface area contributed by atoms with E-state index in [0.717, 1.165) is 17.3 Å². The summed E-state index contributed by atoms with van der Waals surface area (Å²) in [5.41, 5.74) is 0.753. The quantitative estimate of drug-likeness (QED) is 0.731. The standard InChI is InChI=1S/C14H26N2/c1-16-10-13(12-3-7-15-8-4-12)9-14(11-16)5-2-6-14/h12-13,15H,2-11H2,1H3. The van der Waals surface area contributed by atoms with E-state index < -0.39 is 0 Å². The number of rotatable bonds is 1. The molecular weight excluding hydrogens is 196 g/mol. The zero-order valence-corrected chi connectivity index (χ0v) is 10.7. The van der Waals surface area contributed by atoms with Crippen LogP contribution in [0.4, 0.5) is 0 Å². The molecule has 2 heteroatoms. The van der Waals surface area contributed by atoms with E-state index in [4.69, 9.17) is 0 Å². The van der Waals surface area contributed by atoms with E-state index in [9.17, 15) is 0 Å². The largest absolute Gasteiger partial charge is 0.317 e. The molecule has 0 amide bonds. The molecule has 0 radical (unpaired) electrons. The summed E-state index contributed by atoms with van der Waals surface area (Å²) < 4.78 is 0. The Labute approximate surface area is 99.8 Å². The predicted molar refractivity (Wildman–Crippen MR) is 67.5 cm³/mol. The summed E-state index contributed by atoms with van der Waals surface area (Å²) in [6.07, 6.45) is 8.91. The third kappa shape index (κ3) is 2.02. The Bertz CT molecular complexity index is 241. The first kappa shape index (κ1) is 11.0. The maximum absolute atomic E-state index is 3.50. The molecule has 1 saturated carbocycles. The molecule has 1 N–H and O–H groups in total. The molecule has 0 aromatic carbocycles. The molecule has 0 bridgehead atoms. The SMILES string of the molecule is CN1CC(C2CCNCC2)CC2(CCC2)C1.